The molecule has 0 saturated carbocycles. The molecular formula is C15H16N2O2S. The molecule has 20 heavy (non-hydrogen) atoms. The highest BCUT2D eigenvalue weighted by atomic mass is 32.1. The van der Waals surface area contributed by atoms with Crippen LogP contribution in [0.2, 0.25) is 0 Å². The molecule has 2 rings (SSSR count). The van der Waals surface area contributed by atoms with E-state index in [2.05, 4.69) is 5.32 Å². The van der Waals surface area contributed by atoms with Crippen molar-refractivity contribution in [2.24, 2.45) is 5.73 Å². The van der Waals surface area contributed by atoms with E-state index >= 15 is 0 Å². The average Bonchev–Trinajstić information content (AvgIpc) is 2.93. The summed E-state index contributed by atoms with van der Waals surface area (Å²) < 4.78 is 0. The number of hydrogen-bond acceptors (Lipinski definition) is 3. The molecule has 1 aromatic heterocycles. The van der Waals surface area contributed by atoms with Crippen molar-refractivity contribution in [3.05, 3.63) is 52.2 Å². The maximum atomic E-state index is 12.4. The first-order valence-electron chi connectivity index (χ1n) is 6.16. The molecule has 0 fully saturated rings. The molecule has 0 aliphatic carbocycles. The minimum Gasteiger partial charge on any atom is -0.366 e. The van der Waals surface area contributed by atoms with Gasteiger partial charge in [-0.1, -0.05) is 6.07 Å². The summed E-state index contributed by atoms with van der Waals surface area (Å²) in [6, 6.07) is 10.4. The number of nitrogens with one attached hydrogen (secondary N) is 1. The molecular weight excluding hydrogens is 272 g/mol. The maximum absolute atomic E-state index is 12.4. The summed E-state index contributed by atoms with van der Waals surface area (Å²) in [4.78, 5) is 24.3. The molecule has 2 amide bonds. The lowest BCUT2D eigenvalue weighted by Crippen LogP contribution is -2.33. The van der Waals surface area contributed by atoms with Crippen LogP contribution in [0.5, 0.6) is 0 Å². The number of carbonyl (C=O) groups excluding carboxylic acids is 2. The lowest BCUT2D eigenvalue weighted by molar-refractivity contribution is -0.120. The van der Waals surface area contributed by atoms with Crippen molar-refractivity contribution >= 4 is 28.8 Å². The van der Waals surface area contributed by atoms with E-state index < -0.39 is 11.3 Å². The monoisotopic (exact) mass is 288 g/mol. The molecule has 0 aliphatic heterocycles. The number of rotatable bonds is 4. The Morgan fingerprint density at radius 1 is 1.15 bits per heavy atom. The zero-order valence-corrected chi connectivity index (χ0v) is 12.2. The number of primary amides is 1. The topological polar surface area (TPSA) is 72.2 Å². The molecule has 0 saturated heterocycles. The van der Waals surface area contributed by atoms with Gasteiger partial charge in [0.15, 0.2) is 0 Å². The van der Waals surface area contributed by atoms with Crippen LogP contribution in [0, 0.1) is 0 Å². The van der Waals surface area contributed by atoms with Gasteiger partial charge in [-0.3, -0.25) is 9.59 Å². The fourth-order valence-corrected chi connectivity index (χ4v) is 2.60. The number of thiophene rings is 1. The van der Waals surface area contributed by atoms with Crippen molar-refractivity contribution in [2.45, 2.75) is 19.3 Å². The molecule has 5 heteroatoms. The molecule has 3 N–H and O–H groups in total. The zero-order chi connectivity index (χ0) is 14.8. The Morgan fingerprint density at radius 2 is 1.80 bits per heavy atom. The fraction of sp³-hybridized carbons (Fsp3) is 0.200. The van der Waals surface area contributed by atoms with Crippen molar-refractivity contribution in [2.75, 3.05) is 5.32 Å². The van der Waals surface area contributed by atoms with Crippen LogP contribution >= 0.6 is 11.3 Å². The van der Waals surface area contributed by atoms with Crippen LogP contribution in [0.4, 0.5) is 5.69 Å². The van der Waals surface area contributed by atoms with E-state index in [0.29, 0.717) is 11.3 Å². The second kappa shape index (κ2) is 5.46. The first kappa shape index (κ1) is 14.3. The number of hydrogen-bond donors (Lipinski definition) is 2. The molecule has 1 heterocycles. The molecule has 4 nitrogen and oxygen atoms in total. The second-order valence-corrected chi connectivity index (χ2v) is 5.95. The number of carbonyl (C=O) groups is 2. The predicted molar refractivity (Wildman–Crippen MR) is 80.9 cm³/mol. The molecule has 1 aromatic carbocycles. The van der Waals surface area contributed by atoms with Crippen LogP contribution in [0.15, 0.2) is 41.8 Å². The number of benzene rings is 1. The van der Waals surface area contributed by atoms with Gasteiger partial charge < -0.3 is 11.1 Å². The standard InChI is InChI=1S/C15H16N2O2S/c1-15(2,12-4-3-9-20-12)14(19)17-11-7-5-10(6-8-11)13(16)18/h3-9H,1-2H3,(H2,16,18)(H,17,19). The third-order valence-corrected chi connectivity index (χ3v) is 4.33. The van der Waals surface area contributed by atoms with Crippen molar-refractivity contribution < 1.29 is 9.59 Å². The first-order chi connectivity index (χ1) is 9.41. The summed E-state index contributed by atoms with van der Waals surface area (Å²) in [5.74, 6) is -0.575. The van der Waals surface area contributed by atoms with Gasteiger partial charge in [-0.25, -0.2) is 0 Å². The van der Waals surface area contributed by atoms with Crippen LogP contribution in [-0.4, -0.2) is 11.8 Å². The van der Waals surface area contributed by atoms with Gasteiger partial charge in [-0.05, 0) is 49.6 Å². The Kier molecular flexibility index (Phi) is 3.90. The van der Waals surface area contributed by atoms with Crippen molar-refractivity contribution in [3.63, 3.8) is 0 Å². The normalized spacial score (nSPS) is 11.1. The second-order valence-electron chi connectivity index (χ2n) is 5.00. The number of anilines is 1. The molecule has 0 atom stereocenters. The van der Waals surface area contributed by atoms with Crippen molar-refractivity contribution in [1.82, 2.24) is 0 Å². The van der Waals surface area contributed by atoms with Gasteiger partial charge in [-0.2, -0.15) is 0 Å². The van der Waals surface area contributed by atoms with Crippen LogP contribution in [0.3, 0.4) is 0 Å². The van der Waals surface area contributed by atoms with Crippen LogP contribution in [0.25, 0.3) is 0 Å². The Balaban J connectivity index is 2.13. The Labute approximate surface area is 121 Å². The van der Waals surface area contributed by atoms with Crippen molar-refractivity contribution in [3.8, 4) is 0 Å². The highest BCUT2D eigenvalue weighted by molar-refractivity contribution is 7.10. The number of nitrogens with two attached hydrogens (primary N) is 1. The van der Waals surface area contributed by atoms with Gasteiger partial charge in [0.2, 0.25) is 11.8 Å². The van der Waals surface area contributed by atoms with E-state index in [1.165, 1.54) is 0 Å². The lowest BCUT2D eigenvalue weighted by atomic mass is 9.90. The third-order valence-electron chi connectivity index (χ3n) is 3.13. The summed E-state index contributed by atoms with van der Waals surface area (Å²) in [6.45, 7) is 3.76. The molecule has 0 radical (unpaired) electrons. The van der Waals surface area contributed by atoms with Gasteiger partial charge in [-0.15, -0.1) is 11.3 Å². The predicted octanol–water partition coefficient (Wildman–Crippen LogP) is 2.76. The van der Waals surface area contributed by atoms with Gasteiger partial charge in [0.25, 0.3) is 0 Å². The van der Waals surface area contributed by atoms with E-state index in [-0.39, 0.29) is 5.91 Å². The van der Waals surface area contributed by atoms with Gasteiger partial charge >= 0.3 is 0 Å². The van der Waals surface area contributed by atoms with E-state index in [1.807, 2.05) is 31.4 Å². The molecule has 0 spiro atoms. The minimum absolute atomic E-state index is 0.0909. The smallest absolute Gasteiger partial charge is 0.248 e. The quantitative estimate of drug-likeness (QED) is 0.908. The summed E-state index contributed by atoms with van der Waals surface area (Å²) in [5, 5.41) is 4.80. The number of amides is 2. The van der Waals surface area contributed by atoms with Crippen molar-refractivity contribution in [1.29, 1.82) is 0 Å². The van der Waals surface area contributed by atoms with Crippen LogP contribution in [-0.2, 0) is 10.2 Å². The molecule has 104 valence electrons. The Morgan fingerprint density at radius 3 is 2.30 bits per heavy atom. The first-order valence-corrected chi connectivity index (χ1v) is 7.04. The minimum atomic E-state index is -0.601. The van der Waals surface area contributed by atoms with E-state index in [0.717, 1.165) is 4.88 Å². The average molecular weight is 288 g/mol. The highest BCUT2D eigenvalue weighted by Crippen LogP contribution is 2.28. The Bertz CT molecular complexity index is 616. The SMILES string of the molecule is CC(C)(C(=O)Nc1ccc(C(N)=O)cc1)c1cccs1. The lowest BCUT2D eigenvalue weighted by Gasteiger charge is -2.22. The third kappa shape index (κ3) is 2.88. The zero-order valence-electron chi connectivity index (χ0n) is 11.3. The van der Waals surface area contributed by atoms with E-state index in [9.17, 15) is 9.59 Å². The highest BCUT2D eigenvalue weighted by Gasteiger charge is 2.30. The summed E-state index contributed by atoms with van der Waals surface area (Å²) in [5.41, 5.74) is 5.63. The van der Waals surface area contributed by atoms with E-state index in [4.69, 9.17) is 5.73 Å². The fourth-order valence-electron chi connectivity index (χ4n) is 1.75. The van der Waals surface area contributed by atoms with Gasteiger partial charge in [0.1, 0.15) is 0 Å². The maximum Gasteiger partial charge on any atom is 0.248 e. The molecule has 0 aliphatic rings. The van der Waals surface area contributed by atoms with Gasteiger partial charge in [0.05, 0.1) is 5.41 Å². The van der Waals surface area contributed by atoms with Crippen LogP contribution < -0.4 is 11.1 Å². The summed E-state index contributed by atoms with van der Waals surface area (Å²) >= 11 is 1.55. The molecule has 0 bridgehead atoms. The summed E-state index contributed by atoms with van der Waals surface area (Å²) in [7, 11) is 0. The Hall–Kier alpha value is -2.14. The van der Waals surface area contributed by atoms with E-state index in [1.54, 1.807) is 35.6 Å². The largest absolute Gasteiger partial charge is 0.366 e. The molecule has 0 unspecified atom stereocenters. The van der Waals surface area contributed by atoms with Gasteiger partial charge in [0, 0.05) is 16.1 Å². The van der Waals surface area contributed by atoms with Crippen LogP contribution in [0.1, 0.15) is 29.1 Å². The summed E-state index contributed by atoms with van der Waals surface area (Å²) in [6.07, 6.45) is 0. The molecule has 2 aromatic rings.